The molecular weight excluding hydrogens is 557 g/mol. The van der Waals surface area contributed by atoms with Gasteiger partial charge in [0.2, 0.25) is 0 Å². The quantitative estimate of drug-likeness (QED) is 0.269. The van der Waals surface area contributed by atoms with Gasteiger partial charge in [-0.2, -0.15) is 0 Å². The number of nitrogens with zero attached hydrogens (tertiary/aromatic N) is 1. The predicted molar refractivity (Wildman–Crippen MR) is 126 cm³/mol. The van der Waals surface area contributed by atoms with Gasteiger partial charge in [-0.05, 0) is 75.8 Å². The second-order valence-corrected chi connectivity index (χ2v) is 8.89. The van der Waals surface area contributed by atoms with Crippen LogP contribution in [-0.4, -0.2) is 42.8 Å². The van der Waals surface area contributed by atoms with E-state index in [0.29, 0.717) is 28.7 Å². The summed E-state index contributed by atoms with van der Waals surface area (Å²) in [6.45, 7) is -0.0911. The van der Waals surface area contributed by atoms with Gasteiger partial charge in [0.1, 0.15) is 13.2 Å². The van der Waals surface area contributed by atoms with E-state index in [0.717, 1.165) is 25.8 Å². The summed E-state index contributed by atoms with van der Waals surface area (Å²) in [5.74, 6) is -0.158. The molecule has 0 aliphatic carbocycles. The molecule has 0 N–H and O–H groups in total. The van der Waals surface area contributed by atoms with Crippen molar-refractivity contribution in [2.75, 3.05) is 20.8 Å². The van der Waals surface area contributed by atoms with Gasteiger partial charge < -0.3 is 14.2 Å². The van der Waals surface area contributed by atoms with Crippen LogP contribution in [0, 0.1) is 3.57 Å². The van der Waals surface area contributed by atoms with Gasteiger partial charge in [0.15, 0.2) is 11.5 Å². The molecule has 2 amide bonds. The third kappa shape index (κ3) is 5.72. The summed E-state index contributed by atoms with van der Waals surface area (Å²) in [5, 5.41) is 0.127. The summed E-state index contributed by atoms with van der Waals surface area (Å²) in [7, 11) is 2.72. The highest BCUT2D eigenvalue weighted by atomic mass is 127. The van der Waals surface area contributed by atoms with E-state index in [1.54, 1.807) is 24.3 Å². The van der Waals surface area contributed by atoms with E-state index in [-0.39, 0.29) is 4.91 Å². The lowest BCUT2D eigenvalue weighted by molar-refractivity contribution is -0.143. The molecule has 31 heavy (non-hydrogen) atoms. The van der Waals surface area contributed by atoms with Crippen molar-refractivity contribution in [1.29, 1.82) is 0 Å². The average molecular weight is 574 g/mol. The SMILES string of the molecule is COC(=O)CN1C(=O)S/C(=C\c2cc(I)c(OCc3ccc(Cl)cc3)c(OC)c2)C1=O. The van der Waals surface area contributed by atoms with Gasteiger partial charge in [-0.3, -0.25) is 19.3 Å². The van der Waals surface area contributed by atoms with Gasteiger partial charge in [-0.25, -0.2) is 0 Å². The second kappa shape index (κ2) is 10.4. The van der Waals surface area contributed by atoms with Crippen LogP contribution in [0.1, 0.15) is 11.1 Å². The van der Waals surface area contributed by atoms with Crippen LogP contribution >= 0.6 is 46.0 Å². The van der Waals surface area contributed by atoms with Gasteiger partial charge in [-0.1, -0.05) is 23.7 Å². The number of benzene rings is 2. The van der Waals surface area contributed by atoms with Crippen molar-refractivity contribution >= 4 is 69.1 Å². The van der Waals surface area contributed by atoms with Crippen LogP contribution < -0.4 is 9.47 Å². The molecule has 2 aromatic rings. The molecule has 1 fully saturated rings. The lowest BCUT2D eigenvalue weighted by atomic mass is 10.1. The van der Waals surface area contributed by atoms with Crippen LogP contribution in [0.25, 0.3) is 6.08 Å². The fourth-order valence-electron chi connectivity index (χ4n) is 2.68. The minimum absolute atomic E-state index is 0.210. The van der Waals surface area contributed by atoms with Crippen molar-refractivity contribution in [2.24, 2.45) is 0 Å². The van der Waals surface area contributed by atoms with Crippen LogP contribution in [-0.2, 0) is 20.9 Å². The fourth-order valence-corrected chi connectivity index (χ4v) is 4.43. The first-order chi connectivity index (χ1) is 14.8. The summed E-state index contributed by atoms with van der Waals surface area (Å²) < 4.78 is 16.7. The van der Waals surface area contributed by atoms with Crippen LogP contribution in [0.3, 0.4) is 0 Å². The molecule has 3 rings (SSSR count). The maximum absolute atomic E-state index is 12.5. The van der Waals surface area contributed by atoms with Crippen molar-refractivity contribution in [3.8, 4) is 11.5 Å². The minimum atomic E-state index is -0.665. The van der Waals surface area contributed by atoms with Crippen LogP contribution in [0.15, 0.2) is 41.3 Å². The first-order valence-electron chi connectivity index (χ1n) is 8.89. The third-order valence-electron chi connectivity index (χ3n) is 4.23. The van der Waals surface area contributed by atoms with E-state index in [1.807, 2.05) is 18.2 Å². The maximum Gasteiger partial charge on any atom is 0.325 e. The molecule has 0 unspecified atom stereocenters. The number of rotatable bonds is 7. The number of hydrogen-bond acceptors (Lipinski definition) is 7. The molecule has 1 heterocycles. The molecule has 7 nitrogen and oxygen atoms in total. The second-order valence-electron chi connectivity index (χ2n) is 6.29. The smallest absolute Gasteiger partial charge is 0.325 e. The standard InChI is InChI=1S/C21H17ClINO6S/c1-28-16-8-13(9-17-20(26)24(21(27)31-17)10-18(25)29-2)7-15(23)19(16)30-11-12-3-5-14(22)6-4-12/h3-9H,10-11H2,1-2H3/b17-9-. The van der Waals surface area contributed by atoms with E-state index in [4.69, 9.17) is 21.1 Å². The number of thioether (sulfide) groups is 1. The highest BCUT2D eigenvalue weighted by Crippen LogP contribution is 2.37. The summed E-state index contributed by atoms with van der Waals surface area (Å²) in [6.07, 6.45) is 1.58. The first-order valence-corrected chi connectivity index (χ1v) is 11.2. The summed E-state index contributed by atoms with van der Waals surface area (Å²) in [6, 6.07) is 10.9. The zero-order chi connectivity index (χ0) is 22.5. The fraction of sp³-hybridized carbons (Fsp3) is 0.190. The van der Waals surface area contributed by atoms with Gasteiger partial charge in [0, 0.05) is 5.02 Å². The molecule has 1 aliphatic heterocycles. The molecule has 0 atom stereocenters. The average Bonchev–Trinajstić information content (AvgIpc) is 3.01. The molecule has 0 bridgehead atoms. The lowest BCUT2D eigenvalue weighted by Gasteiger charge is -2.14. The Kier molecular flexibility index (Phi) is 7.84. The highest BCUT2D eigenvalue weighted by molar-refractivity contribution is 14.1. The molecule has 1 saturated heterocycles. The Balaban J connectivity index is 1.80. The Labute approximate surface area is 201 Å². The van der Waals surface area contributed by atoms with E-state index in [1.165, 1.54) is 14.2 Å². The number of imide groups is 1. The molecule has 0 radical (unpaired) electrons. The number of hydrogen-bond donors (Lipinski definition) is 0. The molecule has 162 valence electrons. The lowest BCUT2D eigenvalue weighted by Crippen LogP contribution is -2.34. The zero-order valence-electron chi connectivity index (χ0n) is 16.5. The normalized spacial score (nSPS) is 14.8. The number of carbonyl (C=O) groups excluding carboxylic acids is 3. The van der Waals surface area contributed by atoms with Gasteiger partial charge in [0.05, 0.1) is 22.7 Å². The van der Waals surface area contributed by atoms with Crippen LogP contribution in [0.5, 0.6) is 11.5 Å². The maximum atomic E-state index is 12.5. The Hall–Kier alpha value is -2.24. The first kappa shape index (κ1) is 23.4. The summed E-state index contributed by atoms with van der Waals surface area (Å²) in [4.78, 5) is 37.1. The van der Waals surface area contributed by atoms with Crippen molar-refractivity contribution in [1.82, 2.24) is 4.90 Å². The summed E-state index contributed by atoms with van der Waals surface area (Å²) >= 11 is 8.79. The molecule has 2 aromatic carbocycles. The van der Waals surface area contributed by atoms with Crippen molar-refractivity contribution in [3.63, 3.8) is 0 Å². The van der Waals surface area contributed by atoms with Crippen molar-refractivity contribution in [3.05, 3.63) is 61.0 Å². The highest BCUT2D eigenvalue weighted by Gasteiger charge is 2.36. The Morgan fingerprint density at radius 2 is 1.90 bits per heavy atom. The van der Waals surface area contributed by atoms with Gasteiger partial charge in [0.25, 0.3) is 11.1 Å². The van der Waals surface area contributed by atoms with E-state index in [2.05, 4.69) is 27.3 Å². The van der Waals surface area contributed by atoms with Gasteiger partial charge >= 0.3 is 5.97 Å². The molecule has 10 heteroatoms. The Bertz CT molecular complexity index is 1060. The Morgan fingerprint density at radius 1 is 1.19 bits per heavy atom. The van der Waals surface area contributed by atoms with E-state index >= 15 is 0 Å². The number of esters is 1. The van der Waals surface area contributed by atoms with E-state index in [9.17, 15) is 14.4 Å². The third-order valence-corrected chi connectivity index (χ3v) is 6.20. The Morgan fingerprint density at radius 3 is 2.55 bits per heavy atom. The zero-order valence-corrected chi connectivity index (χ0v) is 20.2. The van der Waals surface area contributed by atoms with Crippen molar-refractivity contribution < 1.29 is 28.6 Å². The van der Waals surface area contributed by atoms with Crippen molar-refractivity contribution in [2.45, 2.75) is 6.61 Å². The molecular formula is C21H17ClINO6S. The van der Waals surface area contributed by atoms with Gasteiger partial charge in [-0.15, -0.1) is 0 Å². The number of ether oxygens (including phenoxy) is 3. The molecule has 0 saturated carbocycles. The number of amides is 2. The minimum Gasteiger partial charge on any atom is -0.493 e. The monoisotopic (exact) mass is 573 g/mol. The largest absolute Gasteiger partial charge is 0.493 e. The molecule has 0 spiro atoms. The molecule has 0 aromatic heterocycles. The number of carbonyl (C=O) groups is 3. The number of methoxy groups -OCH3 is 2. The van der Waals surface area contributed by atoms with E-state index < -0.39 is 23.7 Å². The van der Waals surface area contributed by atoms with Crippen LogP contribution in [0.2, 0.25) is 5.02 Å². The predicted octanol–water partition coefficient (Wildman–Crippen LogP) is 4.74. The molecule has 1 aliphatic rings. The topological polar surface area (TPSA) is 82.1 Å². The number of halogens is 2. The van der Waals surface area contributed by atoms with Crippen LogP contribution in [0.4, 0.5) is 4.79 Å². The summed E-state index contributed by atoms with van der Waals surface area (Å²) in [5.41, 5.74) is 1.61.